The summed E-state index contributed by atoms with van der Waals surface area (Å²) < 4.78 is 44.5. The Kier molecular flexibility index (Phi) is 4.55. The fourth-order valence-electron chi connectivity index (χ4n) is 3.88. The Labute approximate surface area is 168 Å². The van der Waals surface area contributed by atoms with E-state index in [4.69, 9.17) is 10.5 Å². The molecule has 0 amide bonds. The summed E-state index contributed by atoms with van der Waals surface area (Å²) in [7, 11) is -2.05. The molecule has 8 heteroatoms. The minimum absolute atomic E-state index is 0.0615. The maximum Gasteiger partial charge on any atom is 0.177 e. The van der Waals surface area contributed by atoms with Crippen LogP contribution in [-0.2, 0) is 9.84 Å². The van der Waals surface area contributed by atoms with Crippen LogP contribution in [0.25, 0.3) is 0 Å². The minimum Gasteiger partial charge on any atom is -0.497 e. The van der Waals surface area contributed by atoms with Crippen LogP contribution in [0.3, 0.4) is 0 Å². The van der Waals surface area contributed by atoms with Gasteiger partial charge in [0.25, 0.3) is 0 Å². The number of methoxy groups -OCH3 is 1. The second-order valence-corrected chi connectivity index (χ2v) is 8.89. The normalized spacial score (nSPS) is 20.4. The highest BCUT2D eigenvalue weighted by Gasteiger charge is 2.45. The van der Waals surface area contributed by atoms with Crippen LogP contribution in [0.1, 0.15) is 17.9 Å². The van der Waals surface area contributed by atoms with E-state index in [0.29, 0.717) is 22.7 Å². The molecule has 4 rings (SSSR count). The average Bonchev–Trinajstić information content (AvgIpc) is 3.03. The number of nitriles is 1. The van der Waals surface area contributed by atoms with Crippen LogP contribution in [0.15, 0.2) is 70.5 Å². The van der Waals surface area contributed by atoms with E-state index in [1.54, 1.807) is 36.3 Å². The van der Waals surface area contributed by atoms with Crippen LogP contribution < -0.4 is 15.4 Å². The molecule has 29 heavy (non-hydrogen) atoms. The standard InChI is InChI=1S/C21H18FN3O3S/c1-28-16-8-6-15(7-9-16)25-18-10-11-29(26,27)20(18)19(17(12-23)21(25)24)13-2-4-14(22)5-3-13/h2-9,19H,10-11,24H2,1H3/t19-/m0/s1. The zero-order valence-electron chi connectivity index (χ0n) is 15.6. The molecule has 2 aromatic rings. The van der Waals surface area contributed by atoms with Crippen LogP contribution in [0.2, 0.25) is 0 Å². The molecule has 1 atom stereocenters. The number of hydrogen-bond donors (Lipinski definition) is 1. The lowest BCUT2D eigenvalue weighted by Gasteiger charge is -2.35. The SMILES string of the molecule is COc1ccc(N2C(N)=C(C#N)[C@H](c3ccc(F)cc3)C3=C2CCS3(=O)=O)cc1. The first kappa shape index (κ1) is 19.0. The van der Waals surface area contributed by atoms with E-state index in [-0.39, 0.29) is 28.5 Å². The van der Waals surface area contributed by atoms with Crippen molar-refractivity contribution in [2.45, 2.75) is 12.3 Å². The van der Waals surface area contributed by atoms with Crippen molar-refractivity contribution in [1.82, 2.24) is 0 Å². The molecule has 0 aromatic heterocycles. The lowest BCUT2D eigenvalue weighted by molar-refractivity contribution is 0.415. The van der Waals surface area contributed by atoms with Gasteiger partial charge in [-0.15, -0.1) is 0 Å². The Morgan fingerprint density at radius 3 is 2.41 bits per heavy atom. The number of hydrogen-bond acceptors (Lipinski definition) is 6. The average molecular weight is 411 g/mol. The number of sulfone groups is 1. The molecule has 0 saturated heterocycles. The van der Waals surface area contributed by atoms with E-state index in [9.17, 15) is 18.1 Å². The summed E-state index contributed by atoms with van der Waals surface area (Å²) in [5, 5.41) is 9.86. The molecule has 0 bridgehead atoms. The molecule has 2 aliphatic heterocycles. The molecule has 0 saturated carbocycles. The first-order chi connectivity index (χ1) is 13.9. The second-order valence-electron chi connectivity index (χ2n) is 6.81. The highest BCUT2D eigenvalue weighted by atomic mass is 32.2. The summed E-state index contributed by atoms with van der Waals surface area (Å²) in [6.45, 7) is 0. The summed E-state index contributed by atoms with van der Waals surface area (Å²) in [6, 6.07) is 14.6. The molecule has 0 radical (unpaired) electrons. The maximum atomic E-state index is 13.4. The topological polar surface area (TPSA) is 96.4 Å². The number of benzene rings is 2. The Hall–Kier alpha value is -3.31. The largest absolute Gasteiger partial charge is 0.497 e. The van der Waals surface area contributed by atoms with Crippen LogP contribution in [-0.4, -0.2) is 21.3 Å². The van der Waals surface area contributed by atoms with Crippen molar-refractivity contribution >= 4 is 15.5 Å². The number of ether oxygens (including phenoxy) is 1. The van der Waals surface area contributed by atoms with Crippen LogP contribution >= 0.6 is 0 Å². The smallest absolute Gasteiger partial charge is 0.177 e. The van der Waals surface area contributed by atoms with Crippen molar-refractivity contribution in [1.29, 1.82) is 5.26 Å². The van der Waals surface area contributed by atoms with Gasteiger partial charge in [0, 0.05) is 17.8 Å². The van der Waals surface area contributed by atoms with Crippen LogP contribution in [0, 0.1) is 17.1 Å². The third kappa shape index (κ3) is 3.04. The number of anilines is 1. The molecular formula is C21H18FN3O3S. The van der Waals surface area contributed by atoms with Gasteiger partial charge in [-0.3, -0.25) is 4.90 Å². The highest BCUT2D eigenvalue weighted by Crippen LogP contribution is 2.48. The minimum atomic E-state index is -3.60. The maximum absolute atomic E-state index is 13.4. The van der Waals surface area contributed by atoms with Gasteiger partial charge in [-0.05, 0) is 42.0 Å². The van der Waals surface area contributed by atoms with Gasteiger partial charge in [0.05, 0.1) is 35.3 Å². The summed E-state index contributed by atoms with van der Waals surface area (Å²) in [5.41, 5.74) is 8.20. The number of rotatable bonds is 3. The molecule has 2 aromatic carbocycles. The van der Waals surface area contributed by atoms with E-state index in [1.165, 1.54) is 24.3 Å². The summed E-state index contributed by atoms with van der Waals surface area (Å²) >= 11 is 0. The third-order valence-corrected chi connectivity index (χ3v) is 7.10. The van der Waals surface area contributed by atoms with E-state index in [0.717, 1.165) is 0 Å². The van der Waals surface area contributed by atoms with Gasteiger partial charge in [-0.1, -0.05) is 12.1 Å². The molecule has 2 heterocycles. The number of halogens is 1. The Morgan fingerprint density at radius 2 is 1.83 bits per heavy atom. The van der Waals surface area contributed by atoms with Crippen molar-refractivity contribution in [3.8, 4) is 11.8 Å². The fourth-order valence-corrected chi connectivity index (χ4v) is 5.73. The molecule has 148 valence electrons. The van der Waals surface area contributed by atoms with Crippen molar-refractivity contribution < 1.29 is 17.5 Å². The van der Waals surface area contributed by atoms with Crippen molar-refractivity contribution in [3.05, 3.63) is 81.9 Å². The Balaban J connectivity index is 1.95. The molecule has 0 aliphatic carbocycles. The summed E-state index contributed by atoms with van der Waals surface area (Å²) in [4.78, 5) is 1.78. The zero-order valence-corrected chi connectivity index (χ0v) is 16.4. The fraction of sp³-hybridized carbons (Fsp3) is 0.190. The molecule has 0 fully saturated rings. The van der Waals surface area contributed by atoms with Gasteiger partial charge < -0.3 is 10.5 Å². The first-order valence-corrected chi connectivity index (χ1v) is 10.6. The molecular weight excluding hydrogens is 393 g/mol. The predicted molar refractivity (Wildman–Crippen MR) is 107 cm³/mol. The Morgan fingerprint density at radius 1 is 1.17 bits per heavy atom. The quantitative estimate of drug-likeness (QED) is 0.833. The van der Waals surface area contributed by atoms with Gasteiger partial charge in [0.1, 0.15) is 17.4 Å². The van der Waals surface area contributed by atoms with Gasteiger partial charge in [-0.25, -0.2) is 12.8 Å². The van der Waals surface area contributed by atoms with Gasteiger partial charge in [0.15, 0.2) is 9.84 Å². The van der Waals surface area contributed by atoms with E-state index in [1.807, 2.05) is 0 Å². The number of nitrogens with zero attached hydrogens (tertiary/aromatic N) is 2. The monoisotopic (exact) mass is 411 g/mol. The summed E-state index contributed by atoms with van der Waals surface area (Å²) in [6.07, 6.45) is 0.279. The van der Waals surface area contributed by atoms with Crippen molar-refractivity contribution in [2.24, 2.45) is 5.73 Å². The molecule has 6 nitrogen and oxygen atoms in total. The highest BCUT2D eigenvalue weighted by molar-refractivity contribution is 7.95. The number of nitrogens with two attached hydrogens (primary N) is 1. The lowest BCUT2D eigenvalue weighted by Crippen LogP contribution is -2.34. The zero-order chi connectivity index (χ0) is 20.8. The molecule has 0 spiro atoms. The lowest BCUT2D eigenvalue weighted by atomic mass is 9.87. The van der Waals surface area contributed by atoms with E-state index in [2.05, 4.69) is 6.07 Å². The van der Waals surface area contributed by atoms with Gasteiger partial charge in [0.2, 0.25) is 0 Å². The van der Waals surface area contributed by atoms with Gasteiger partial charge in [-0.2, -0.15) is 5.26 Å². The van der Waals surface area contributed by atoms with E-state index >= 15 is 0 Å². The molecule has 0 unspecified atom stereocenters. The summed E-state index contributed by atoms with van der Waals surface area (Å²) in [5.74, 6) is -0.538. The van der Waals surface area contributed by atoms with E-state index < -0.39 is 21.6 Å². The third-order valence-electron chi connectivity index (χ3n) is 5.22. The number of allylic oxidation sites excluding steroid dienone is 3. The predicted octanol–water partition coefficient (Wildman–Crippen LogP) is 3.16. The van der Waals surface area contributed by atoms with Crippen LogP contribution in [0.4, 0.5) is 10.1 Å². The second kappa shape index (κ2) is 6.94. The molecule has 2 N–H and O–H groups in total. The molecule has 2 aliphatic rings. The Bertz CT molecular complexity index is 1180. The van der Waals surface area contributed by atoms with Crippen LogP contribution in [0.5, 0.6) is 5.75 Å². The first-order valence-electron chi connectivity index (χ1n) is 8.92. The van der Waals surface area contributed by atoms with Crippen molar-refractivity contribution in [3.63, 3.8) is 0 Å². The van der Waals surface area contributed by atoms with Gasteiger partial charge >= 0.3 is 0 Å². The van der Waals surface area contributed by atoms with Crippen molar-refractivity contribution in [2.75, 3.05) is 17.8 Å².